The number of hydrogen-bond donors (Lipinski definition) is 1. The molecule has 7 heteroatoms. The van der Waals surface area contributed by atoms with Crippen LogP contribution in [0.15, 0.2) is 23.9 Å². The monoisotopic (exact) mass is 326 g/mol. The lowest BCUT2D eigenvalue weighted by atomic mass is 10.2. The maximum absolute atomic E-state index is 12.3. The molecule has 3 unspecified atom stereocenters. The van der Waals surface area contributed by atoms with Gasteiger partial charge in [-0.15, -0.1) is 4.52 Å². The van der Waals surface area contributed by atoms with Crippen LogP contribution in [0.1, 0.15) is 19.4 Å². The summed E-state index contributed by atoms with van der Waals surface area (Å²) in [6, 6.07) is 5.79. The fourth-order valence-corrected chi connectivity index (χ4v) is 4.73. The van der Waals surface area contributed by atoms with Gasteiger partial charge in [-0.1, -0.05) is 11.6 Å². The number of benzene rings is 1. The highest BCUT2D eigenvalue weighted by atomic mass is 35.5. The van der Waals surface area contributed by atoms with E-state index in [1.54, 1.807) is 12.1 Å². The van der Waals surface area contributed by atoms with E-state index in [1.165, 1.54) is 7.11 Å². The van der Waals surface area contributed by atoms with Crippen molar-refractivity contribution in [2.24, 2.45) is 5.73 Å². The van der Waals surface area contributed by atoms with E-state index in [9.17, 15) is 9.36 Å². The van der Waals surface area contributed by atoms with Gasteiger partial charge in [-0.25, -0.2) is 4.48 Å². The Morgan fingerprint density at radius 3 is 2.48 bits per heavy atom. The van der Waals surface area contributed by atoms with Gasteiger partial charge in [-0.05, 0) is 30.5 Å². The molecular weight excluding hydrogens is 311 g/mol. The lowest BCUT2D eigenvalue weighted by Gasteiger charge is -2.15. The second kappa shape index (κ2) is 4.62. The van der Waals surface area contributed by atoms with Crippen LogP contribution in [0.2, 0.25) is 5.02 Å². The number of nitrogens with two attached hydrogens (primary N) is 1. The Labute approximate surface area is 128 Å². The summed E-state index contributed by atoms with van der Waals surface area (Å²) in [6.07, 6.45) is 0. The highest BCUT2D eigenvalue weighted by Gasteiger charge is 2.73. The largest absolute Gasteiger partial charge is 0.556 e. The quantitative estimate of drug-likeness (QED) is 0.527. The van der Waals surface area contributed by atoms with Crippen molar-refractivity contribution in [1.82, 2.24) is 4.48 Å². The van der Waals surface area contributed by atoms with Gasteiger partial charge >= 0.3 is 19.2 Å². The summed E-state index contributed by atoms with van der Waals surface area (Å²) in [4.78, 5) is 12.1. The Balaban J connectivity index is 2.37. The van der Waals surface area contributed by atoms with Gasteiger partial charge in [0.2, 0.25) is 0 Å². The minimum Gasteiger partial charge on any atom is -0.361 e. The van der Waals surface area contributed by atoms with Crippen molar-refractivity contribution in [1.29, 1.82) is 0 Å². The summed E-state index contributed by atoms with van der Waals surface area (Å²) < 4.78 is 17.7. The van der Waals surface area contributed by atoms with E-state index in [-0.39, 0.29) is 12.1 Å². The number of carbonyl (C=O) groups excluding carboxylic acids is 1. The van der Waals surface area contributed by atoms with Crippen molar-refractivity contribution >= 4 is 36.5 Å². The Morgan fingerprint density at radius 1 is 1.38 bits per heavy atom. The molecule has 5 nitrogen and oxygen atoms in total. The van der Waals surface area contributed by atoms with Gasteiger partial charge in [-0.2, -0.15) is 0 Å². The minimum atomic E-state index is -2.15. The number of rotatable bonds is 3. The van der Waals surface area contributed by atoms with Gasteiger partial charge in [0.1, 0.15) is 17.6 Å². The van der Waals surface area contributed by atoms with Crippen LogP contribution in [0.5, 0.6) is 0 Å². The summed E-state index contributed by atoms with van der Waals surface area (Å²) in [5.74, 6) is -0.561. The molecule has 0 aliphatic carbocycles. The van der Waals surface area contributed by atoms with Crippen molar-refractivity contribution in [2.75, 3.05) is 7.11 Å². The van der Waals surface area contributed by atoms with Crippen molar-refractivity contribution in [3.05, 3.63) is 34.5 Å². The van der Waals surface area contributed by atoms with Crippen LogP contribution in [-0.2, 0) is 13.9 Å². The first kappa shape index (κ1) is 14.7. The smallest absolute Gasteiger partial charge is 0.361 e. The molecule has 2 aliphatic heterocycles. The first-order valence-corrected chi connectivity index (χ1v) is 8.17. The van der Waals surface area contributed by atoms with Crippen molar-refractivity contribution in [3.63, 3.8) is 0 Å². The first-order chi connectivity index (χ1) is 9.87. The van der Waals surface area contributed by atoms with E-state index < -0.39 is 13.9 Å². The van der Waals surface area contributed by atoms with Crippen LogP contribution < -0.4 is 10.2 Å². The third-order valence-corrected chi connectivity index (χ3v) is 6.07. The number of amides is 1. The van der Waals surface area contributed by atoms with E-state index in [2.05, 4.69) is 13.8 Å². The molecule has 1 fully saturated rings. The van der Waals surface area contributed by atoms with Crippen LogP contribution in [-0.4, -0.2) is 25.1 Å². The lowest BCUT2D eigenvalue weighted by molar-refractivity contribution is -0.115. The standard InChI is InChI=1S/C14H15ClN2O3P/c1-7-8(2)17(7)11-5-4-9(15)6-10(11)13(21(19)20-3)12(17)14(16)18/h4-8H,1-3H3,(H-,16,18)/q+1/p+1/t7-,8?,17?/m0/s1. The second-order valence-corrected chi connectivity index (χ2v) is 7.18. The van der Waals surface area contributed by atoms with Gasteiger partial charge < -0.3 is 5.73 Å². The molecule has 2 heterocycles. The first-order valence-electron chi connectivity index (χ1n) is 6.62. The molecule has 1 spiro atoms. The molecule has 110 valence electrons. The third-order valence-electron chi connectivity index (χ3n) is 4.68. The number of primary amides is 1. The van der Waals surface area contributed by atoms with E-state index >= 15 is 0 Å². The highest BCUT2D eigenvalue weighted by molar-refractivity contribution is 7.52. The summed E-state index contributed by atoms with van der Waals surface area (Å²) in [5.41, 5.74) is 7.60. The zero-order valence-electron chi connectivity index (χ0n) is 12.0. The second-order valence-electron chi connectivity index (χ2n) is 5.42. The van der Waals surface area contributed by atoms with E-state index in [0.717, 1.165) is 5.69 Å². The van der Waals surface area contributed by atoms with Gasteiger partial charge in [0.05, 0.1) is 7.11 Å². The van der Waals surface area contributed by atoms with Crippen molar-refractivity contribution in [3.8, 4) is 0 Å². The van der Waals surface area contributed by atoms with Crippen LogP contribution in [0.4, 0.5) is 5.69 Å². The Bertz CT molecular complexity index is 708. The van der Waals surface area contributed by atoms with Crippen LogP contribution in [0, 0.1) is 0 Å². The minimum absolute atomic E-state index is 0.199. The zero-order chi connectivity index (χ0) is 15.5. The van der Waals surface area contributed by atoms with Gasteiger partial charge in [0, 0.05) is 11.1 Å². The number of halogens is 1. The third kappa shape index (κ3) is 1.69. The molecule has 1 saturated heterocycles. The molecule has 0 radical (unpaired) electrons. The highest BCUT2D eigenvalue weighted by Crippen LogP contribution is 2.63. The van der Waals surface area contributed by atoms with Crippen LogP contribution in [0.3, 0.4) is 0 Å². The molecule has 3 rings (SSSR count). The van der Waals surface area contributed by atoms with E-state index in [0.29, 0.717) is 26.1 Å². The lowest BCUT2D eigenvalue weighted by Crippen LogP contribution is -2.35. The molecule has 0 bridgehead atoms. The number of quaternary nitrogens is 1. The predicted molar refractivity (Wildman–Crippen MR) is 82.9 cm³/mol. The topological polar surface area (TPSA) is 69.4 Å². The van der Waals surface area contributed by atoms with Crippen LogP contribution >= 0.6 is 19.6 Å². The Morgan fingerprint density at radius 2 is 2.00 bits per heavy atom. The summed E-state index contributed by atoms with van der Waals surface area (Å²) in [7, 11) is -0.799. The maximum Gasteiger partial charge on any atom is 0.556 e. The maximum atomic E-state index is 12.3. The normalized spacial score (nSPS) is 30.6. The number of nitrogens with zero attached hydrogens (tertiary/aromatic N) is 1. The molecule has 4 atom stereocenters. The molecule has 1 amide bonds. The SMILES string of the molecule is CO[P+](=O)C1=C(C(N)=O)[N+]2(c3ccc(Cl)cc31)C(C)[C@@H]2C. The van der Waals surface area contributed by atoms with Crippen LogP contribution in [0.25, 0.3) is 5.31 Å². The molecule has 1 aromatic carbocycles. The molecule has 0 saturated carbocycles. The van der Waals surface area contributed by atoms with Crippen molar-refractivity contribution in [2.45, 2.75) is 25.9 Å². The van der Waals surface area contributed by atoms with E-state index in [4.69, 9.17) is 21.9 Å². The average Bonchev–Trinajstić information content (AvgIpc) is 2.84. The number of carbonyl (C=O) groups is 1. The molecule has 2 N–H and O–H groups in total. The average molecular weight is 327 g/mol. The Hall–Kier alpha value is -1.26. The van der Waals surface area contributed by atoms with Gasteiger partial charge in [0.25, 0.3) is 5.70 Å². The molecular formula is C14H16ClN2O3P+2. The Kier molecular flexibility index (Phi) is 3.22. The zero-order valence-corrected chi connectivity index (χ0v) is 13.6. The molecule has 2 aliphatic rings. The summed E-state index contributed by atoms with van der Waals surface area (Å²) >= 11 is 6.07. The predicted octanol–water partition coefficient (Wildman–Crippen LogP) is 2.99. The van der Waals surface area contributed by atoms with E-state index in [1.807, 2.05) is 6.07 Å². The summed E-state index contributed by atoms with van der Waals surface area (Å²) in [5, 5.41) is 0.908. The van der Waals surface area contributed by atoms with Crippen molar-refractivity contribution < 1.29 is 13.9 Å². The number of hydrogen-bond acceptors (Lipinski definition) is 3. The number of fused-ring (bicyclic) bond motifs is 2. The fourth-order valence-electron chi connectivity index (χ4n) is 3.55. The van der Waals surface area contributed by atoms with Gasteiger partial charge in [-0.3, -0.25) is 4.79 Å². The molecule has 0 aromatic heterocycles. The molecule has 1 aromatic rings. The summed E-state index contributed by atoms with van der Waals surface area (Å²) in [6.45, 7) is 4.10. The molecule has 21 heavy (non-hydrogen) atoms. The fraction of sp³-hybridized carbons (Fsp3) is 0.357. The van der Waals surface area contributed by atoms with Gasteiger partial charge in [0.15, 0.2) is 5.69 Å².